The topological polar surface area (TPSA) is 66.9 Å². The van der Waals surface area contributed by atoms with E-state index in [1.54, 1.807) is 0 Å². The van der Waals surface area contributed by atoms with E-state index in [2.05, 4.69) is 20.6 Å². The van der Waals surface area contributed by atoms with E-state index >= 15 is 0 Å². The zero-order valence-corrected chi connectivity index (χ0v) is 13.8. The molecule has 2 atom stereocenters. The monoisotopic (exact) mass is 346 g/mol. The highest BCUT2D eigenvalue weighted by atomic mass is 19.2. The van der Waals surface area contributed by atoms with Gasteiger partial charge >= 0.3 is 0 Å². The number of rotatable bonds is 4. The van der Waals surface area contributed by atoms with Crippen LogP contribution in [0.25, 0.3) is 10.9 Å². The van der Waals surface area contributed by atoms with Gasteiger partial charge in [-0.05, 0) is 38.2 Å². The summed E-state index contributed by atoms with van der Waals surface area (Å²) in [5, 5.41) is 6.82. The van der Waals surface area contributed by atoms with Crippen LogP contribution >= 0.6 is 0 Å². The average Bonchev–Trinajstić information content (AvgIpc) is 3.41. The summed E-state index contributed by atoms with van der Waals surface area (Å²) < 4.78 is 27.0. The third-order valence-electron chi connectivity index (χ3n) is 4.99. The number of carbonyl (C=O) groups is 1. The smallest absolute Gasteiger partial charge is 0.223 e. The van der Waals surface area contributed by atoms with Crippen LogP contribution in [-0.2, 0) is 4.79 Å². The molecule has 1 heterocycles. The quantitative estimate of drug-likeness (QED) is 0.892. The summed E-state index contributed by atoms with van der Waals surface area (Å²) in [5.74, 6) is -1.23. The number of hydrogen-bond donors (Lipinski definition) is 2. The maximum absolute atomic E-state index is 13.6. The standard InChI is InChI=1S/C18H20F2N4O/c19-14-7-13-16(8-15(14)20)21-9-22-17(13)23-12-3-1-2-10(6-12)18(25)24-11-4-5-11/h7-12H,1-6H2,(H,24,25)(H,21,22,23)/t10-,12+/m1/s1. The Morgan fingerprint density at radius 1 is 1.04 bits per heavy atom. The van der Waals surface area contributed by atoms with Gasteiger partial charge in [0, 0.05) is 29.5 Å². The minimum atomic E-state index is -0.924. The average molecular weight is 346 g/mol. The van der Waals surface area contributed by atoms with Crippen molar-refractivity contribution in [3.63, 3.8) is 0 Å². The first-order valence-electron chi connectivity index (χ1n) is 8.77. The van der Waals surface area contributed by atoms with Crippen molar-refractivity contribution in [2.75, 3.05) is 5.32 Å². The fourth-order valence-corrected chi connectivity index (χ4v) is 3.47. The van der Waals surface area contributed by atoms with Crippen molar-refractivity contribution in [2.24, 2.45) is 5.92 Å². The Bertz CT molecular complexity index is 809. The molecule has 2 saturated carbocycles. The molecule has 1 amide bonds. The Labute approximate surface area is 144 Å². The molecule has 4 rings (SSSR count). The molecule has 0 aliphatic heterocycles. The highest BCUT2D eigenvalue weighted by Gasteiger charge is 2.31. The number of hydrogen-bond acceptors (Lipinski definition) is 4. The lowest BCUT2D eigenvalue weighted by atomic mass is 9.85. The zero-order chi connectivity index (χ0) is 17.4. The van der Waals surface area contributed by atoms with E-state index in [9.17, 15) is 13.6 Å². The number of carbonyl (C=O) groups excluding carboxylic acids is 1. The number of halogens is 2. The van der Waals surface area contributed by atoms with Crippen molar-refractivity contribution in [2.45, 2.75) is 50.6 Å². The largest absolute Gasteiger partial charge is 0.367 e. The molecule has 132 valence electrons. The summed E-state index contributed by atoms with van der Waals surface area (Å²) >= 11 is 0. The van der Waals surface area contributed by atoms with Gasteiger partial charge in [0.25, 0.3) is 0 Å². The lowest BCUT2D eigenvalue weighted by Crippen LogP contribution is -2.38. The summed E-state index contributed by atoms with van der Waals surface area (Å²) in [5.41, 5.74) is 0.357. The van der Waals surface area contributed by atoms with Gasteiger partial charge < -0.3 is 10.6 Å². The van der Waals surface area contributed by atoms with Gasteiger partial charge in [-0.1, -0.05) is 6.42 Å². The highest BCUT2D eigenvalue weighted by Crippen LogP contribution is 2.30. The maximum Gasteiger partial charge on any atom is 0.223 e. The fourth-order valence-electron chi connectivity index (χ4n) is 3.47. The second-order valence-electron chi connectivity index (χ2n) is 6.99. The van der Waals surface area contributed by atoms with Gasteiger partial charge in [-0.15, -0.1) is 0 Å². The first-order chi connectivity index (χ1) is 12.1. The normalized spacial score (nSPS) is 23.4. The molecule has 2 aromatic rings. The minimum absolute atomic E-state index is 0.00543. The van der Waals surface area contributed by atoms with Crippen molar-refractivity contribution in [1.82, 2.24) is 15.3 Å². The molecule has 5 nitrogen and oxygen atoms in total. The summed E-state index contributed by atoms with van der Waals surface area (Å²) in [4.78, 5) is 20.5. The predicted octanol–water partition coefficient (Wildman–Crippen LogP) is 3.16. The van der Waals surface area contributed by atoms with Gasteiger partial charge in [-0.25, -0.2) is 18.7 Å². The number of aromatic nitrogens is 2. The predicted molar refractivity (Wildman–Crippen MR) is 90.0 cm³/mol. The fraction of sp³-hybridized carbons (Fsp3) is 0.500. The molecule has 0 spiro atoms. The van der Waals surface area contributed by atoms with E-state index in [1.807, 2.05) is 0 Å². The van der Waals surface area contributed by atoms with Gasteiger partial charge in [0.15, 0.2) is 11.6 Å². The number of nitrogens with zero attached hydrogens (tertiary/aromatic N) is 2. The van der Waals surface area contributed by atoms with Crippen molar-refractivity contribution in [3.05, 3.63) is 30.1 Å². The number of amides is 1. The van der Waals surface area contributed by atoms with Crippen molar-refractivity contribution in [1.29, 1.82) is 0 Å². The Balaban J connectivity index is 1.50. The first kappa shape index (κ1) is 16.2. The van der Waals surface area contributed by atoms with Crippen LogP contribution in [0.2, 0.25) is 0 Å². The van der Waals surface area contributed by atoms with Crippen LogP contribution in [0.4, 0.5) is 14.6 Å². The lowest BCUT2D eigenvalue weighted by Gasteiger charge is -2.29. The van der Waals surface area contributed by atoms with Crippen LogP contribution in [0.1, 0.15) is 38.5 Å². The molecule has 0 bridgehead atoms. The van der Waals surface area contributed by atoms with Crippen molar-refractivity contribution in [3.8, 4) is 0 Å². The zero-order valence-electron chi connectivity index (χ0n) is 13.8. The third kappa shape index (κ3) is 3.55. The van der Waals surface area contributed by atoms with E-state index in [1.165, 1.54) is 6.33 Å². The number of nitrogens with one attached hydrogen (secondary N) is 2. The van der Waals surface area contributed by atoms with E-state index < -0.39 is 11.6 Å². The van der Waals surface area contributed by atoms with E-state index in [-0.39, 0.29) is 17.9 Å². The molecule has 0 saturated heterocycles. The van der Waals surface area contributed by atoms with Crippen LogP contribution in [0.5, 0.6) is 0 Å². The van der Waals surface area contributed by atoms with Gasteiger partial charge in [0.1, 0.15) is 12.1 Å². The van der Waals surface area contributed by atoms with Crippen molar-refractivity contribution < 1.29 is 13.6 Å². The Kier molecular flexibility index (Phi) is 4.23. The molecule has 25 heavy (non-hydrogen) atoms. The SMILES string of the molecule is O=C(NC1CC1)[C@@H]1CCC[C@H](Nc2ncnc3cc(F)c(F)cc23)C1. The molecule has 1 aromatic heterocycles. The maximum atomic E-state index is 13.6. The molecule has 0 unspecified atom stereocenters. The Morgan fingerprint density at radius 2 is 1.84 bits per heavy atom. The van der Waals surface area contributed by atoms with Gasteiger partial charge in [0.05, 0.1) is 5.52 Å². The molecule has 0 radical (unpaired) electrons. The summed E-state index contributed by atoms with van der Waals surface area (Å²) in [6, 6.07) is 2.64. The second kappa shape index (κ2) is 6.54. The summed E-state index contributed by atoms with van der Waals surface area (Å²) in [6.07, 6.45) is 6.97. The van der Waals surface area contributed by atoms with Crippen LogP contribution in [-0.4, -0.2) is 28.0 Å². The van der Waals surface area contributed by atoms with Crippen molar-refractivity contribution >= 4 is 22.6 Å². The van der Waals surface area contributed by atoms with E-state index in [4.69, 9.17) is 0 Å². The number of fused-ring (bicyclic) bond motifs is 1. The molecule has 2 aliphatic carbocycles. The second-order valence-corrected chi connectivity index (χ2v) is 6.99. The van der Waals surface area contributed by atoms with Gasteiger partial charge in [0.2, 0.25) is 5.91 Å². The minimum Gasteiger partial charge on any atom is -0.367 e. The van der Waals surface area contributed by atoms with Crippen LogP contribution in [0.3, 0.4) is 0 Å². The first-order valence-corrected chi connectivity index (χ1v) is 8.77. The molecular weight excluding hydrogens is 326 g/mol. The molecule has 2 aliphatic rings. The van der Waals surface area contributed by atoms with E-state index in [0.29, 0.717) is 29.2 Å². The van der Waals surface area contributed by atoms with Crippen LogP contribution in [0.15, 0.2) is 18.5 Å². The van der Waals surface area contributed by atoms with Gasteiger partial charge in [-0.2, -0.15) is 0 Å². The van der Waals surface area contributed by atoms with E-state index in [0.717, 1.165) is 44.2 Å². The summed E-state index contributed by atoms with van der Waals surface area (Å²) in [7, 11) is 0. The lowest BCUT2D eigenvalue weighted by molar-refractivity contribution is -0.126. The third-order valence-corrected chi connectivity index (χ3v) is 4.99. The molecule has 2 N–H and O–H groups in total. The molecule has 7 heteroatoms. The Hall–Kier alpha value is -2.31. The molecule has 2 fully saturated rings. The van der Waals surface area contributed by atoms with Crippen LogP contribution in [0, 0.1) is 17.6 Å². The molecular formula is C18H20F2N4O. The number of benzene rings is 1. The molecule has 1 aromatic carbocycles. The highest BCUT2D eigenvalue weighted by molar-refractivity contribution is 5.89. The number of anilines is 1. The summed E-state index contributed by atoms with van der Waals surface area (Å²) in [6.45, 7) is 0. The van der Waals surface area contributed by atoms with Crippen LogP contribution < -0.4 is 10.6 Å². The Morgan fingerprint density at radius 3 is 2.64 bits per heavy atom. The van der Waals surface area contributed by atoms with Gasteiger partial charge in [-0.3, -0.25) is 4.79 Å².